The van der Waals surface area contributed by atoms with Crippen LogP contribution >= 0.6 is 15.9 Å². The van der Waals surface area contributed by atoms with Crippen LogP contribution in [0.15, 0.2) is 21.1 Å². The molecule has 0 saturated heterocycles. The summed E-state index contributed by atoms with van der Waals surface area (Å²) >= 11 is 3.44. The highest BCUT2D eigenvalue weighted by molar-refractivity contribution is 9.10. The molecule has 0 aliphatic rings. The Kier molecular flexibility index (Phi) is 3.47. The van der Waals surface area contributed by atoms with Gasteiger partial charge in [-0.25, -0.2) is 0 Å². The van der Waals surface area contributed by atoms with Crippen molar-refractivity contribution in [1.29, 1.82) is 0 Å². The summed E-state index contributed by atoms with van der Waals surface area (Å²) in [5.74, 6) is 1.94. The van der Waals surface area contributed by atoms with Crippen LogP contribution in [0.3, 0.4) is 0 Å². The Bertz CT molecular complexity index is 537. The third kappa shape index (κ3) is 2.34. The van der Waals surface area contributed by atoms with Crippen molar-refractivity contribution in [2.75, 3.05) is 7.11 Å². The van der Waals surface area contributed by atoms with Gasteiger partial charge in [0, 0.05) is 10.9 Å². The second-order valence-corrected chi connectivity index (χ2v) is 4.58. The first-order chi connectivity index (χ1) is 8.15. The smallest absolute Gasteiger partial charge is 0.226 e. The summed E-state index contributed by atoms with van der Waals surface area (Å²) in [6, 6.07) is 3.89. The van der Waals surface area contributed by atoms with Crippen LogP contribution < -0.4 is 4.74 Å². The fourth-order valence-electron chi connectivity index (χ4n) is 1.66. The molecule has 0 N–H and O–H groups in total. The van der Waals surface area contributed by atoms with E-state index in [4.69, 9.17) is 9.26 Å². The molecular weight excluding hydrogens is 284 g/mol. The van der Waals surface area contributed by atoms with Crippen LogP contribution in [0, 0.1) is 6.92 Å². The quantitative estimate of drug-likeness (QED) is 0.871. The highest BCUT2D eigenvalue weighted by Crippen LogP contribution is 2.34. The molecule has 0 aliphatic carbocycles. The van der Waals surface area contributed by atoms with E-state index in [1.54, 1.807) is 7.11 Å². The maximum Gasteiger partial charge on any atom is 0.226 e. The molecule has 0 saturated carbocycles. The van der Waals surface area contributed by atoms with Gasteiger partial charge in [0.1, 0.15) is 5.75 Å². The van der Waals surface area contributed by atoms with Crippen molar-refractivity contribution in [1.82, 2.24) is 10.1 Å². The second-order valence-electron chi connectivity index (χ2n) is 3.67. The monoisotopic (exact) mass is 296 g/mol. The second kappa shape index (κ2) is 4.87. The Morgan fingerprint density at radius 2 is 2.18 bits per heavy atom. The molecule has 0 amide bonds. The van der Waals surface area contributed by atoms with Gasteiger partial charge in [-0.05, 0) is 24.6 Å². The molecule has 0 unspecified atom stereocenters. The predicted molar refractivity (Wildman–Crippen MR) is 68.1 cm³/mol. The summed E-state index contributed by atoms with van der Waals surface area (Å²) in [5.41, 5.74) is 1.92. The lowest BCUT2D eigenvalue weighted by atomic mass is 10.1. The number of methoxy groups -OCH3 is 1. The zero-order valence-corrected chi connectivity index (χ0v) is 11.5. The fourth-order valence-corrected chi connectivity index (χ4v) is 2.21. The topological polar surface area (TPSA) is 48.2 Å². The first-order valence-electron chi connectivity index (χ1n) is 5.32. The Balaban J connectivity index is 2.57. The lowest BCUT2D eigenvalue weighted by molar-refractivity contribution is 0.382. The van der Waals surface area contributed by atoms with Crippen molar-refractivity contribution >= 4 is 15.9 Å². The standard InChI is InChI=1S/C12H13BrN2O2/c1-4-10-14-12(15-17-10)11-7(2)5-8(13)6-9(11)16-3/h5-6H,4H2,1-3H3. The average Bonchev–Trinajstić information content (AvgIpc) is 2.76. The lowest BCUT2D eigenvalue weighted by Crippen LogP contribution is -1.93. The van der Waals surface area contributed by atoms with Gasteiger partial charge in [0.25, 0.3) is 0 Å². The zero-order valence-electron chi connectivity index (χ0n) is 9.95. The first-order valence-corrected chi connectivity index (χ1v) is 6.12. The normalized spacial score (nSPS) is 10.6. The van der Waals surface area contributed by atoms with Crippen LogP contribution in [-0.4, -0.2) is 17.3 Å². The molecule has 1 aromatic heterocycles. The van der Waals surface area contributed by atoms with E-state index in [0.717, 1.165) is 27.8 Å². The van der Waals surface area contributed by atoms with E-state index in [-0.39, 0.29) is 0 Å². The summed E-state index contributed by atoms with van der Waals surface area (Å²) in [5, 5.41) is 3.97. The van der Waals surface area contributed by atoms with Crippen LogP contribution in [0.1, 0.15) is 18.4 Å². The molecule has 5 heteroatoms. The van der Waals surface area contributed by atoms with Gasteiger partial charge < -0.3 is 9.26 Å². The summed E-state index contributed by atoms with van der Waals surface area (Å²) < 4.78 is 11.4. The van der Waals surface area contributed by atoms with E-state index < -0.39 is 0 Å². The number of nitrogens with zero attached hydrogens (tertiary/aromatic N) is 2. The van der Waals surface area contributed by atoms with Crippen LogP contribution in [0.5, 0.6) is 5.75 Å². The summed E-state index contributed by atoms with van der Waals surface area (Å²) in [7, 11) is 1.63. The van der Waals surface area contributed by atoms with Crippen molar-refractivity contribution in [2.24, 2.45) is 0 Å². The van der Waals surface area contributed by atoms with Crippen LogP contribution in [0.4, 0.5) is 0 Å². The molecule has 0 bridgehead atoms. The van der Waals surface area contributed by atoms with Gasteiger partial charge in [0.05, 0.1) is 12.7 Å². The van der Waals surface area contributed by atoms with E-state index in [1.807, 2.05) is 26.0 Å². The third-order valence-corrected chi connectivity index (χ3v) is 2.94. The summed E-state index contributed by atoms with van der Waals surface area (Å²) in [6.45, 7) is 3.97. The van der Waals surface area contributed by atoms with Crippen LogP contribution in [-0.2, 0) is 6.42 Å². The molecule has 2 rings (SSSR count). The van der Waals surface area contributed by atoms with Crippen molar-refractivity contribution in [3.05, 3.63) is 28.1 Å². The predicted octanol–water partition coefficient (Wildman–Crippen LogP) is 3.38. The van der Waals surface area contributed by atoms with Gasteiger partial charge in [-0.15, -0.1) is 0 Å². The van der Waals surface area contributed by atoms with E-state index >= 15 is 0 Å². The first kappa shape index (κ1) is 12.1. The Labute approximate surface area is 108 Å². The minimum Gasteiger partial charge on any atom is -0.496 e. The van der Waals surface area contributed by atoms with Gasteiger partial charge in [-0.1, -0.05) is 28.0 Å². The maximum absolute atomic E-state index is 5.35. The van der Waals surface area contributed by atoms with E-state index in [1.165, 1.54) is 0 Å². The highest BCUT2D eigenvalue weighted by Gasteiger charge is 2.16. The van der Waals surface area contributed by atoms with Gasteiger partial charge in [-0.3, -0.25) is 0 Å². The number of benzene rings is 1. The molecule has 1 heterocycles. The van der Waals surface area contributed by atoms with Crippen molar-refractivity contribution in [3.63, 3.8) is 0 Å². The van der Waals surface area contributed by atoms with Gasteiger partial charge in [0.2, 0.25) is 11.7 Å². The van der Waals surface area contributed by atoms with Gasteiger partial charge in [0.15, 0.2) is 0 Å². The molecule has 0 radical (unpaired) electrons. The number of ether oxygens (including phenoxy) is 1. The Morgan fingerprint density at radius 3 is 2.76 bits per heavy atom. The molecular formula is C12H13BrN2O2. The van der Waals surface area contributed by atoms with Crippen LogP contribution in [0.2, 0.25) is 0 Å². The number of rotatable bonds is 3. The largest absolute Gasteiger partial charge is 0.496 e. The Morgan fingerprint density at radius 1 is 1.41 bits per heavy atom. The number of halogens is 1. The highest BCUT2D eigenvalue weighted by atomic mass is 79.9. The Hall–Kier alpha value is -1.36. The third-order valence-electron chi connectivity index (χ3n) is 2.48. The molecule has 17 heavy (non-hydrogen) atoms. The number of aromatic nitrogens is 2. The van der Waals surface area contributed by atoms with Crippen molar-refractivity contribution in [3.8, 4) is 17.1 Å². The molecule has 2 aromatic rings. The molecule has 0 aliphatic heterocycles. The van der Waals surface area contributed by atoms with Crippen LogP contribution in [0.25, 0.3) is 11.4 Å². The molecule has 0 atom stereocenters. The zero-order chi connectivity index (χ0) is 12.4. The van der Waals surface area contributed by atoms with Crippen molar-refractivity contribution < 1.29 is 9.26 Å². The number of hydrogen-bond donors (Lipinski definition) is 0. The summed E-state index contributed by atoms with van der Waals surface area (Å²) in [6.07, 6.45) is 0.727. The van der Waals surface area contributed by atoms with E-state index in [9.17, 15) is 0 Å². The molecule has 0 spiro atoms. The average molecular weight is 297 g/mol. The SMILES string of the molecule is CCc1nc(-c2c(C)cc(Br)cc2OC)no1. The fraction of sp³-hybridized carbons (Fsp3) is 0.333. The molecule has 90 valence electrons. The van der Waals surface area contributed by atoms with E-state index in [2.05, 4.69) is 26.1 Å². The molecule has 0 fully saturated rings. The number of aryl methyl sites for hydroxylation is 2. The molecule has 1 aromatic carbocycles. The minimum atomic E-state index is 0.573. The maximum atomic E-state index is 5.35. The lowest BCUT2D eigenvalue weighted by Gasteiger charge is -2.08. The summed E-state index contributed by atoms with van der Waals surface area (Å²) in [4.78, 5) is 4.33. The minimum absolute atomic E-state index is 0.573. The van der Waals surface area contributed by atoms with Gasteiger partial charge >= 0.3 is 0 Å². The molecule has 4 nitrogen and oxygen atoms in total. The van der Waals surface area contributed by atoms with E-state index in [0.29, 0.717) is 11.7 Å². The number of hydrogen-bond acceptors (Lipinski definition) is 4. The van der Waals surface area contributed by atoms with Crippen molar-refractivity contribution in [2.45, 2.75) is 20.3 Å². The van der Waals surface area contributed by atoms with Gasteiger partial charge in [-0.2, -0.15) is 4.98 Å².